The van der Waals surface area contributed by atoms with Crippen LogP contribution in [0.4, 0.5) is 10.2 Å². The van der Waals surface area contributed by atoms with E-state index in [9.17, 15) is 29.6 Å². The summed E-state index contributed by atoms with van der Waals surface area (Å²) in [7, 11) is 0. The van der Waals surface area contributed by atoms with Gasteiger partial charge in [0.1, 0.15) is 30.5 Å². The first-order chi connectivity index (χ1) is 19.8. The molecule has 13 nitrogen and oxygen atoms in total. The number of nitrogens with zero attached hydrogens (tertiary/aromatic N) is 4. The van der Waals surface area contributed by atoms with Gasteiger partial charge in [-0.25, -0.2) is 19.3 Å². The Balaban J connectivity index is 1.25. The van der Waals surface area contributed by atoms with Crippen LogP contribution in [0.15, 0.2) is 61.2 Å². The van der Waals surface area contributed by atoms with Gasteiger partial charge >= 0.3 is 0 Å². The van der Waals surface area contributed by atoms with E-state index in [0.717, 1.165) is 0 Å². The predicted molar refractivity (Wildman–Crippen MR) is 143 cm³/mol. The molecular formula is C27H27FN6O7. The Morgan fingerprint density at radius 2 is 1.85 bits per heavy atom. The minimum absolute atomic E-state index is 0.0335. The molecule has 0 radical (unpaired) electrons. The van der Waals surface area contributed by atoms with Gasteiger partial charge in [0.2, 0.25) is 0 Å². The fourth-order valence-electron chi connectivity index (χ4n) is 4.47. The third-order valence-corrected chi connectivity index (χ3v) is 6.53. The number of aliphatic hydroxyl groups excluding tert-OH is 3. The van der Waals surface area contributed by atoms with E-state index < -0.39 is 47.8 Å². The Hall–Kier alpha value is -4.63. The molecule has 3 heterocycles. The SMILES string of the molecule is O=C(NC/C=C/[C@H]1O[C@@H](n2cnc3c(NCCO)ncnc32)[C@H](O)[C@@H]1O)c1cc(-c2ccc(F)cc2)cc(O)c1O. The van der Waals surface area contributed by atoms with Crippen molar-refractivity contribution in [1.29, 1.82) is 0 Å². The van der Waals surface area contributed by atoms with Crippen molar-refractivity contribution in [3.63, 3.8) is 0 Å². The molecule has 1 amide bonds. The molecule has 1 saturated heterocycles. The summed E-state index contributed by atoms with van der Waals surface area (Å²) < 4.78 is 20.6. The van der Waals surface area contributed by atoms with E-state index in [1.807, 2.05) is 0 Å². The molecule has 1 aliphatic rings. The maximum Gasteiger partial charge on any atom is 0.255 e. The number of fused-ring (bicyclic) bond motifs is 1. The highest BCUT2D eigenvalue weighted by atomic mass is 19.1. The van der Waals surface area contributed by atoms with Crippen LogP contribution in [-0.2, 0) is 4.74 Å². The Kier molecular flexibility index (Phi) is 8.07. The zero-order chi connectivity index (χ0) is 29.1. The molecule has 0 spiro atoms. The van der Waals surface area contributed by atoms with Crippen molar-refractivity contribution in [2.24, 2.45) is 0 Å². The number of carbonyl (C=O) groups excluding carboxylic acids is 1. The molecule has 4 atom stereocenters. The molecule has 2 aromatic heterocycles. The van der Waals surface area contributed by atoms with Crippen LogP contribution in [-0.4, -0.2) is 89.0 Å². The van der Waals surface area contributed by atoms with Crippen LogP contribution in [0, 0.1) is 5.82 Å². The lowest BCUT2D eigenvalue weighted by Crippen LogP contribution is -2.31. The molecular weight excluding hydrogens is 539 g/mol. The molecule has 0 unspecified atom stereocenters. The Morgan fingerprint density at radius 3 is 2.61 bits per heavy atom. The average molecular weight is 567 g/mol. The first-order valence-corrected chi connectivity index (χ1v) is 12.6. The van der Waals surface area contributed by atoms with E-state index in [1.165, 1.54) is 65.8 Å². The molecule has 1 aliphatic heterocycles. The van der Waals surface area contributed by atoms with E-state index in [2.05, 4.69) is 25.6 Å². The van der Waals surface area contributed by atoms with Crippen LogP contribution in [0.2, 0.25) is 0 Å². The van der Waals surface area contributed by atoms with E-state index >= 15 is 0 Å². The third-order valence-electron chi connectivity index (χ3n) is 6.53. The molecule has 0 aliphatic carbocycles. The van der Waals surface area contributed by atoms with E-state index in [1.54, 1.807) is 0 Å². The molecule has 0 saturated carbocycles. The number of amides is 1. The normalized spacial score (nSPS) is 20.6. The minimum atomic E-state index is -1.32. The number of phenolic OH excluding ortho intramolecular Hbond substituents is 2. The van der Waals surface area contributed by atoms with Gasteiger partial charge in [-0.15, -0.1) is 0 Å². The van der Waals surface area contributed by atoms with Crippen LogP contribution in [0.1, 0.15) is 16.6 Å². The number of carbonyl (C=O) groups is 1. The minimum Gasteiger partial charge on any atom is -0.504 e. The maximum absolute atomic E-state index is 13.3. The second kappa shape index (κ2) is 11.9. The second-order valence-electron chi connectivity index (χ2n) is 9.21. The van der Waals surface area contributed by atoms with Gasteiger partial charge in [-0.05, 0) is 35.4 Å². The molecule has 41 heavy (non-hydrogen) atoms. The van der Waals surface area contributed by atoms with Crippen LogP contribution in [0.5, 0.6) is 11.5 Å². The summed E-state index contributed by atoms with van der Waals surface area (Å²) >= 11 is 0. The van der Waals surface area contributed by atoms with Gasteiger partial charge in [-0.1, -0.05) is 24.3 Å². The number of hydrogen-bond donors (Lipinski definition) is 7. The number of benzene rings is 2. The zero-order valence-corrected chi connectivity index (χ0v) is 21.4. The van der Waals surface area contributed by atoms with Gasteiger partial charge < -0.3 is 40.9 Å². The lowest BCUT2D eigenvalue weighted by molar-refractivity contribution is -0.0245. The fraction of sp³-hybridized carbons (Fsp3) is 0.259. The van der Waals surface area contributed by atoms with Gasteiger partial charge in [0.15, 0.2) is 34.7 Å². The van der Waals surface area contributed by atoms with Crippen LogP contribution < -0.4 is 10.6 Å². The van der Waals surface area contributed by atoms with Gasteiger partial charge in [0.05, 0.1) is 18.5 Å². The van der Waals surface area contributed by atoms with Crippen LogP contribution >= 0.6 is 0 Å². The number of halogens is 1. The number of aliphatic hydroxyl groups is 3. The summed E-state index contributed by atoms with van der Waals surface area (Å²) in [6, 6.07) is 8.07. The van der Waals surface area contributed by atoms with Crippen molar-refractivity contribution < 1.29 is 39.5 Å². The molecule has 4 aromatic rings. The summed E-state index contributed by atoms with van der Waals surface area (Å²) in [5.74, 6) is -1.85. The largest absolute Gasteiger partial charge is 0.504 e. The summed E-state index contributed by atoms with van der Waals surface area (Å²) in [4.78, 5) is 25.3. The quantitative estimate of drug-likeness (QED) is 0.113. The zero-order valence-electron chi connectivity index (χ0n) is 21.4. The number of aromatic hydroxyl groups is 2. The van der Waals surface area contributed by atoms with Gasteiger partial charge in [-0.3, -0.25) is 9.36 Å². The lowest BCUT2D eigenvalue weighted by atomic mass is 10.0. The van der Waals surface area contributed by atoms with Gasteiger partial charge in [0.25, 0.3) is 5.91 Å². The molecule has 7 N–H and O–H groups in total. The van der Waals surface area contributed by atoms with Crippen molar-refractivity contribution in [2.45, 2.75) is 24.5 Å². The third kappa shape index (κ3) is 5.67. The number of rotatable bonds is 9. The van der Waals surface area contributed by atoms with Crippen LogP contribution in [0.25, 0.3) is 22.3 Å². The topological polar surface area (TPSA) is 195 Å². The van der Waals surface area contributed by atoms with Gasteiger partial charge in [0, 0.05) is 13.1 Å². The number of nitrogens with one attached hydrogen (secondary N) is 2. The Labute approximate surface area is 232 Å². The molecule has 14 heteroatoms. The number of ether oxygens (including phenoxy) is 1. The first-order valence-electron chi connectivity index (χ1n) is 12.6. The smallest absolute Gasteiger partial charge is 0.255 e. The molecule has 0 bridgehead atoms. The molecule has 1 fully saturated rings. The number of anilines is 1. The fourth-order valence-corrected chi connectivity index (χ4v) is 4.47. The highest BCUT2D eigenvalue weighted by molar-refractivity contribution is 5.99. The van der Waals surface area contributed by atoms with Crippen molar-refractivity contribution in [2.75, 3.05) is 25.0 Å². The predicted octanol–water partition coefficient (Wildman–Crippen LogP) is 1.05. The van der Waals surface area contributed by atoms with E-state index in [-0.39, 0.29) is 25.3 Å². The number of imidazole rings is 1. The highest BCUT2D eigenvalue weighted by Gasteiger charge is 2.43. The number of aromatic nitrogens is 4. The summed E-state index contributed by atoms with van der Waals surface area (Å²) in [5, 5.41) is 56.2. The molecule has 214 valence electrons. The standard InChI is InChI=1S/C27H27FN6O7/c28-16-5-3-14(4-6-16)15-10-17(21(37)18(36)11-15)26(40)30-7-1-2-19-22(38)23(39)27(41-19)34-13-33-20-24(29-8-9-35)31-12-32-25(20)34/h1-6,10-13,19,22-23,27,35-39H,7-9H2,(H,30,40)(H,29,31,32)/b2-1+/t19-,22-,23-,27-/m1/s1. The monoisotopic (exact) mass is 566 g/mol. The second-order valence-corrected chi connectivity index (χ2v) is 9.21. The number of hydrogen-bond acceptors (Lipinski definition) is 11. The first kappa shape index (κ1) is 27.9. The van der Waals surface area contributed by atoms with Crippen molar-refractivity contribution in [3.8, 4) is 22.6 Å². The maximum atomic E-state index is 13.3. The van der Waals surface area contributed by atoms with Crippen molar-refractivity contribution in [3.05, 3.63) is 72.6 Å². The summed E-state index contributed by atoms with van der Waals surface area (Å²) in [6.45, 7) is 0.113. The van der Waals surface area contributed by atoms with E-state index in [0.29, 0.717) is 28.1 Å². The molecule has 2 aromatic carbocycles. The van der Waals surface area contributed by atoms with Crippen molar-refractivity contribution in [1.82, 2.24) is 24.8 Å². The lowest BCUT2D eigenvalue weighted by Gasteiger charge is -2.16. The van der Waals surface area contributed by atoms with Crippen molar-refractivity contribution >= 4 is 22.9 Å². The summed E-state index contributed by atoms with van der Waals surface area (Å²) in [6.07, 6.45) is 1.10. The molecule has 5 rings (SSSR count). The average Bonchev–Trinajstić information content (AvgIpc) is 3.52. The van der Waals surface area contributed by atoms with E-state index in [4.69, 9.17) is 9.84 Å². The Morgan fingerprint density at radius 1 is 1.07 bits per heavy atom. The van der Waals surface area contributed by atoms with Gasteiger partial charge in [-0.2, -0.15) is 0 Å². The number of phenols is 2. The highest BCUT2D eigenvalue weighted by Crippen LogP contribution is 2.35. The summed E-state index contributed by atoms with van der Waals surface area (Å²) in [5.41, 5.74) is 1.49. The Bertz CT molecular complexity index is 1580. The van der Waals surface area contributed by atoms with Crippen LogP contribution in [0.3, 0.4) is 0 Å².